The van der Waals surface area contributed by atoms with Crippen molar-refractivity contribution in [1.82, 2.24) is 0 Å². The van der Waals surface area contributed by atoms with Crippen LogP contribution >= 0.6 is 8.03 Å². The predicted molar refractivity (Wildman–Crippen MR) is 49.4 cm³/mol. The third kappa shape index (κ3) is 3.68. The first-order valence-electron chi connectivity index (χ1n) is 4.36. The van der Waals surface area contributed by atoms with Crippen molar-refractivity contribution in [3.63, 3.8) is 0 Å². The maximum atomic E-state index is 11.1. The zero-order valence-electron chi connectivity index (χ0n) is 8.39. The quantitative estimate of drug-likeness (QED) is 0.596. The van der Waals surface area contributed by atoms with Gasteiger partial charge in [0, 0.05) is 24.6 Å². The van der Waals surface area contributed by atoms with Gasteiger partial charge in [-0.05, 0) is 19.3 Å². The van der Waals surface area contributed by atoms with Gasteiger partial charge in [-0.1, -0.05) is 27.2 Å². The maximum absolute atomic E-state index is 11.1. The topological polar surface area (TPSA) is 37.3 Å². The van der Waals surface area contributed by atoms with Gasteiger partial charge in [-0.25, -0.2) is 0 Å². The molecule has 0 saturated carbocycles. The van der Waals surface area contributed by atoms with Gasteiger partial charge >= 0.3 is 0 Å². The second kappa shape index (κ2) is 7.24. The van der Waals surface area contributed by atoms with Gasteiger partial charge in [-0.2, -0.15) is 0 Å². The molecule has 12 heavy (non-hydrogen) atoms. The van der Waals surface area contributed by atoms with Crippen LogP contribution in [0.2, 0.25) is 0 Å². The van der Waals surface area contributed by atoms with Crippen LogP contribution in [0.4, 0.5) is 0 Å². The second-order valence-electron chi connectivity index (χ2n) is 3.04. The Labute approximate surface area is 88.8 Å². The molecule has 0 aliphatic carbocycles. The third-order valence-corrected chi connectivity index (χ3v) is 4.40. The summed E-state index contributed by atoms with van der Waals surface area (Å²) in [4.78, 5) is 9.14. The molecule has 0 fully saturated rings. The van der Waals surface area contributed by atoms with E-state index in [0.717, 1.165) is 25.7 Å². The number of rotatable bonds is 5. The Bertz CT molecular complexity index is 135. The molecule has 2 nitrogen and oxygen atoms in total. The Morgan fingerprint density at radius 3 is 1.75 bits per heavy atom. The SMILES string of the molecule is CCCC(CC)(CC)[PH](=O)O.[Zn]. The summed E-state index contributed by atoms with van der Waals surface area (Å²) in [5.74, 6) is 0. The van der Waals surface area contributed by atoms with Crippen LogP contribution in [0.25, 0.3) is 0 Å². The summed E-state index contributed by atoms with van der Waals surface area (Å²) >= 11 is 0. The standard InChI is InChI=1S/C8H19O2P.Zn/c1-4-7-8(5-2,6-3)11(9)10;/h11H,4-7H2,1-3H3,(H,9,10);. The average Bonchev–Trinajstić information content (AvgIpc) is 2.00. The van der Waals surface area contributed by atoms with E-state index in [4.69, 9.17) is 4.89 Å². The molecule has 0 saturated heterocycles. The molecular formula is C8H19O2PZn. The summed E-state index contributed by atoms with van der Waals surface area (Å²) in [7, 11) is -2.35. The molecule has 0 bridgehead atoms. The fourth-order valence-electron chi connectivity index (χ4n) is 1.49. The van der Waals surface area contributed by atoms with E-state index in [0.29, 0.717) is 0 Å². The normalized spacial score (nSPS) is 13.7. The molecule has 70 valence electrons. The molecule has 0 radical (unpaired) electrons. The summed E-state index contributed by atoms with van der Waals surface area (Å²) in [5, 5.41) is -0.264. The molecular weight excluding hydrogens is 224 g/mol. The van der Waals surface area contributed by atoms with Crippen LogP contribution in [-0.2, 0) is 24.0 Å². The molecule has 0 aromatic carbocycles. The molecule has 1 N–H and O–H groups in total. The first kappa shape index (κ1) is 15.3. The zero-order valence-corrected chi connectivity index (χ0v) is 12.4. The van der Waals surface area contributed by atoms with Crippen molar-refractivity contribution >= 4 is 8.03 Å². The molecule has 0 amide bonds. The van der Waals surface area contributed by atoms with Crippen LogP contribution in [0.1, 0.15) is 46.5 Å². The Kier molecular flexibility index (Phi) is 9.23. The van der Waals surface area contributed by atoms with E-state index in [9.17, 15) is 4.57 Å². The van der Waals surface area contributed by atoms with Gasteiger partial charge in [-0.15, -0.1) is 0 Å². The van der Waals surface area contributed by atoms with Gasteiger partial charge in [0.1, 0.15) is 0 Å². The molecule has 0 aromatic rings. The van der Waals surface area contributed by atoms with Crippen LogP contribution in [0.15, 0.2) is 0 Å². The molecule has 0 aliphatic heterocycles. The van der Waals surface area contributed by atoms with E-state index >= 15 is 0 Å². The number of hydrogen-bond donors (Lipinski definition) is 1. The minimum absolute atomic E-state index is 0. The maximum Gasteiger partial charge on any atom is 0.195 e. The van der Waals surface area contributed by atoms with Crippen molar-refractivity contribution in [3.8, 4) is 0 Å². The molecule has 4 heteroatoms. The van der Waals surface area contributed by atoms with Gasteiger partial charge in [-0.3, -0.25) is 4.57 Å². The van der Waals surface area contributed by atoms with Gasteiger partial charge in [0.25, 0.3) is 0 Å². The van der Waals surface area contributed by atoms with Crippen molar-refractivity contribution < 1.29 is 28.9 Å². The van der Waals surface area contributed by atoms with Crippen LogP contribution in [0, 0.1) is 0 Å². The van der Waals surface area contributed by atoms with Gasteiger partial charge in [0.2, 0.25) is 0 Å². The summed E-state index contributed by atoms with van der Waals surface area (Å²) in [6, 6.07) is 0. The van der Waals surface area contributed by atoms with Gasteiger partial charge < -0.3 is 4.89 Å². The minimum atomic E-state index is -2.35. The average molecular weight is 244 g/mol. The van der Waals surface area contributed by atoms with Gasteiger partial charge in [0.05, 0.1) is 0 Å². The summed E-state index contributed by atoms with van der Waals surface area (Å²) < 4.78 is 11.1. The summed E-state index contributed by atoms with van der Waals surface area (Å²) in [6.07, 6.45) is 3.53. The van der Waals surface area contributed by atoms with Crippen LogP contribution in [0.5, 0.6) is 0 Å². The molecule has 0 aliphatic rings. The largest absolute Gasteiger partial charge is 0.346 e. The molecule has 0 aromatic heterocycles. The fourth-order valence-corrected chi connectivity index (χ4v) is 2.56. The van der Waals surface area contributed by atoms with Crippen LogP contribution in [0.3, 0.4) is 0 Å². The smallest absolute Gasteiger partial charge is 0.195 e. The molecule has 0 rings (SSSR count). The minimum Gasteiger partial charge on any atom is -0.346 e. The Hall–Kier alpha value is 0.813. The molecule has 1 atom stereocenters. The first-order chi connectivity index (χ1) is 5.13. The molecule has 0 heterocycles. The van der Waals surface area contributed by atoms with Gasteiger partial charge in [0.15, 0.2) is 8.03 Å². The van der Waals surface area contributed by atoms with Crippen molar-refractivity contribution in [3.05, 3.63) is 0 Å². The molecule has 0 spiro atoms. The van der Waals surface area contributed by atoms with Crippen molar-refractivity contribution in [2.45, 2.75) is 51.6 Å². The Morgan fingerprint density at radius 2 is 1.67 bits per heavy atom. The Morgan fingerprint density at radius 1 is 1.25 bits per heavy atom. The monoisotopic (exact) mass is 242 g/mol. The van der Waals surface area contributed by atoms with E-state index in [1.54, 1.807) is 0 Å². The van der Waals surface area contributed by atoms with Crippen LogP contribution in [-0.4, -0.2) is 10.0 Å². The summed E-state index contributed by atoms with van der Waals surface area (Å²) in [5.41, 5.74) is 0. The Balaban J connectivity index is 0. The summed E-state index contributed by atoms with van der Waals surface area (Å²) in [6.45, 7) is 6.06. The van der Waals surface area contributed by atoms with E-state index in [2.05, 4.69) is 6.92 Å². The molecule has 1 unspecified atom stereocenters. The van der Waals surface area contributed by atoms with E-state index < -0.39 is 8.03 Å². The van der Waals surface area contributed by atoms with E-state index in [-0.39, 0.29) is 24.6 Å². The van der Waals surface area contributed by atoms with E-state index in [1.165, 1.54) is 0 Å². The predicted octanol–water partition coefficient (Wildman–Crippen LogP) is 2.81. The number of hydrogen-bond acceptors (Lipinski definition) is 1. The first-order valence-corrected chi connectivity index (χ1v) is 5.72. The van der Waals surface area contributed by atoms with Crippen molar-refractivity contribution in [1.29, 1.82) is 0 Å². The van der Waals surface area contributed by atoms with Crippen molar-refractivity contribution in [2.24, 2.45) is 0 Å². The van der Waals surface area contributed by atoms with E-state index in [1.807, 2.05) is 13.8 Å². The van der Waals surface area contributed by atoms with Crippen LogP contribution < -0.4 is 0 Å². The fraction of sp³-hybridized carbons (Fsp3) is 1.00. The third-order valence-electron chi connectivity index (χ3n) is 2.54. The zero-order chi connectivity index (χ0) is 8.91. The van der Waals surface area contributed by atoms with Crippen molar-refractivity contribution in [2.75, 3.05) is 0 Å². The second-order valence-corrected chi connectivity index (χ2v) is 4.71.